The molecule has 1 aromatic carbocycles. The fraction of sp³-hybridized carbons (Fsp3) is 0.286. The Morgan fingerprint density at radius 3 is 2.56 bits per heavy atom. The highest BCUT2D eigenvalue weighted by Crippen LogP contribution is 2.15. The molecule has 0 radical (unpaired) electrons. The quantitative estimate of drug-likeness (QED) is 0.640. The summed E-state index contributed by atoms with van der Waals surface area (Å²) in [6.07, 6.45) is 3.60. The van der Waals surface area contributed by atoms with Gasteiger partial charge in [0.1, 0.15) is 0 Å². The average Bonchev–Trinajstić information content (AvgIpc) is 3.27. The van der Waals surface area contributed by atoms with Crippen molar-refractivity contribution >= 4 is 5.91 Å². The molecule has 0 fully saturated rings. The van der Waals surface area contributed by atoms with Gasteiger partial charge in [0.15, 0.2) is 5.76 Å². The smallest absolute Gasteiger partial charge is 0.289 e. The fourth-order valence-corrected chi connectivity index (χ4v) is 2.94. The third-order valence-corrected chi connectivity index (χ3v) is 4.08. The van der Waals surface area contributed by atoms with Gasteiger partial charge in [0.2, 0.25) is 0 Å². The van der Waals surface area contributed by atoms with Crippen molar-refractivity contribution in [2.45, 2.75) is 26.9 Å². The van der Waals surface area contributed by atoms with Gasteiger partial charge in [-0.2, -0.15) is 0 Å². The molecule has 0 aliphatic heterocycles. The van der Waals surface area contributed by atoms with Gasteiger partial charge in [-0.15, -0.1) is 0 Å². The summed E-state index contributed by atoms with van der Waals surface area (Å²) >= 11 is 0. The minimum absolute atomic E-state index is 0.0637. The normalized spacial score (nSPS) is 11.0. The van der Waals surface area contributed by atoms with Crippen molar-refractivity contribution in [3.63, 3.8) is 0 Å². The van der Waals surface area contributed by atoms with Crippen molar-refractivity contribution in [3.8, 4) is 0 Å². The molecule has 0 saturated heterocycles. The zero-order chi connectivity index (χ0) is 17.6. The van der Waals surface area contributed by atoms with Gasteiger partial charge >= 0.3 is 0 Å². The lowest BCUT2D eigenvalue weighted by Crippen LogP contribution is -2.34. The number of hydrogen-bond acceptors (Lipinski definition) is 2. The van der Waals surface area contributed by atoms with Crippen LogP contribution in [0.5, 0.6) is 0 Å². The second-order valence-corrected chi connectivity index (χ2v) is 6.67. The number of carbonyl (C=O) groups is 1. The summed E-state index contributed by atoms with van der Waals surface area (Å²) in [5.74, 6) is 0.712. The number of aromatic nitrogens is 1. The Labute approximate surface area is 148 Å². The number of benzene rings is 1. The first-order chi connectivity index (χ1) is 12.1. The van der Waals surface area contributed by atoms with E-state index in [0.717, 1.165) is 12.2 Å². The summed E-state index contributed by atoms with van der Waals surface area (Å²) in [6, 6.07) is 17.9. The molecule has 0 aliphatic carbocycles. The Hall–Kier alpha value is -2.75. The lowest BCUT2D eigenvalue weighted by atomic mass is 10.2. The van der Waals surface area contributed by atoms with Gasteiger partial charge in [-0.1, -0.05) is 44.2 Å². The summed E-state index contributed by atoms with van der Waals surface area (Å²) in [4.78, 5) is 14.6. The Morgan fingerprint density at radius 2 is 1.88 bits per heavy atom. The summed E-state index contributed by atoms with van der Waals surface area (Å²) < 4.78 is 7.50. The first-order valence-electron chi connectivity index (χ1n) is 8.64. The molecule has 0 spiro atoms. The average molecular weight is 336 g/mol. The molecule has 0 N–H and O–H groups in total. The number of rotatable bonds is 7. The van der Waals surface area contributed by atoms with Gasteiger partial charge in [-0.3, -0.25) is 4.79 Å². The van der Waals surface area contributed by atoms with E-state index in [9.17, 15) is 4.79 Å². The first kappa shape index (κ1) is 17.1. The number of carbonyl (C=O) groups excluding carboxylic acids is 1. The zero-order valence-electron chi connectivity index (χ0n) is 14.8. The van der Waals surface area contributed by atoms with Crippen molar-refractivity contribution in [1.82, 2.24) is 9.47 Å². The third-order valence-electron chi connectivity index (χ3n) is 4.08. The SMILES string of the molecule is CC(C)CN(Cc1cccn1Cc1ccccc1)C(=O)c1ccco1. The van der Waals surface area contributed by atoms with Crippen LogP contribution in [0.1, 0.15) is 35.7 Å². The maximum absolute atomic E-state index is 12.8. The van der Waals surface area contributed by atoms with E-state index in [1.165, 1.54) is 5.56 Å². The molecule has 0 atom stereocenters. The van der Waals surface area contributed by atoms with Crippen molar-refractivity contribution in [2.75, 3.05) is 6.54 Å². The molecule has 2 heterocycles. The van der Waals surface area contributed by atoms with Gasteiger partial charge in [0.25, 0.3) is 5.91 Å². The molecular formula is C21H24N2O2. The lowest BCUT2D eigenvalue weighted by Gasteiger charge is -2.24. The standard InChI is InChI=1S/C21H24N2O2/c1-17(2)14-23(21(24)20-11-7-13-25-20)16-19-10-6-12-22(19)15-18-8-4-3-5-9-18/h3-13,17H,14-16H2,1-2H3. The third kappa shape index (κ3) is 4.41. The zero-order valence-corrected chi connectivity index (χ0v) is 14.8. The van der Waals surface area contributed by atoms with E-state index >= 15 is 0 Å². The van der Waals surface area contributed by atoms with Crippen LogP contribution < -0.4 is 0 Å². The Bertz CT molecular complexity index is 788. The molecular weight excluding hydrogens is 312 g/mol. The highest BCUT2D eigenvalue weighted by atomic mass is 16.3. The Balaban J connectivity index is 1.78. The molecule has 130 valence electrons. The second kappa shape index (κ2) is 7.88. The van der Waals surface area contributed by atoms with E-state index in [1.807, 2.05) is 29.2 Å². The van der Waals surface area contributed by atoms with Gasteiger partial charge in [0.05, 0.1) is 12.8 Å². The second-order valence-electron chi connectivity index (χ2n) is 6.67. The summed E-state index contributed by atoms with van der Waals surface area (Å²) in [6.45, 7) is 6.29. The van der Waals surface area contributed by atoms with Crippen LogP contribution in [0, 0.1) is 5.92 Å². The van der Waals surface area contributed by atoms with Gasteiger partial charge in [-0.05, 0) is 35.7 Å². The molecule has 0 unspecified atom stereocenters. The maximum Gasteiger partial charge on any atom is 0.289 e. The number of furan rings is 1. The topological polar surface area (TPSA) is 38.4 Å². The van der Waals surface area contributed by atoms with Crippen LogP contribution in [0.3, 0.4) is 0 Å². The van der Waals surface area contributed by atoms with Crippen molar-refractivity contribution in [3.05, 3.63) is 84.1 Å². The van der Waals surface area contributed by atoms with Crippen molar-refractivity contribution < 1.29 is 9.21 Å². The molecule has 3 aromatic rings. The molecule has 1 amide bonds. The summed E-state index contributed by atoms with van der Waals surface area (Å²) in [7, 11) is 0. The monoisotopic (exact) mass is 336 g/mol. The fourth-order valence-electron chi connectivity index (χ4n) is 2.94. The largest absolute Gasteiger partial charge is 0.459 e. The van der Waals surface area contributed by atoms with Gasteiger partial charge in [0, 0.05) is 25.0 Å². The van der Waals surface area contributed by atoms with Crippen LogP contribution in [-0.2, 0) is 13.1 Å². The van der Waals surface area contributed by atoms with Crippen molar-refractivity contribution in [2.24, 2.45) is 5.92 Å². The minimum atomic E-state index is -0.0637. The molecule has 0 saturated carbocycles. The summed E-state index contributed by atoms with van der Waals surface area (Å²) in [5.41, 5.74) is 2.36. The van der Waals surface area contributed by atoms with E-state index in [-0.39, 0.29) is 5.91 Å². The number of hydrogen-bond donors (Lipinski definition) is 0. The molecule has 25 heavy (non-hydrogen) atoms. The van der Waals surface area contributed by atoms with Crippen LogP contribution in [0.25, 0.3) is 0 Å². The van der Waals surface area contributed by atoms with E-state index in [1.54, 1.807) is 18.4 Å². The van der Waals surface area contributed by atoms with Crippen LogP contribution in [-0.4, -0.2) is 21.9 Å². The maximum atomic E-state index is 12.8. The van der Waals surface area contributed by atoms with Crippen LogP contribution >= 0.6 is 0 Å². The van der Waals surface area contributed by atoms with E-state index in [2.05, 4.69) is 42.8 Å². The Morgan fingerprint density at radius 1 is 1.08 bits per heavy atom. The van der Waals surface area contributed by atoms with E-state index in [4.69, 9.17) is 4.42 Å². The minimum Gasteiger partial charge on any atom is -0.459 e. The molecule has 0 bridgehead atoms. The number of amides is 1. The number of nitrogens with zero attached hydrogens (tertiary/aromatic N) is 2. The highest BCUT2D eigenvalue weighted by Gasteiger charge is 2.20. The molecule has 4 heteroatoms. The molecule has 2 aromatic heterocycles. The molecule has 4 nitrogen and oxygen atoms in total. The van der Waals surface area contributed by atoms with Crippen LogP contribution in [0.2, 0.25) is 0 Å². The highest BCUT2D eigenvalue weighted by molar-refractivity contribution is 5.91. The van der Waals surface area contributed by atoms with Gasteiger partial charge < -0.3 is 13.9 Å². The predicted octanol–water partition coefficient (Wildman–Crippen LogP) is 4.43. The molecule has 3 rings (SSSR count). The van der Waals surface area contributed by atoms with E-state index in [0.29, 0.717) is 24.8 Å². The predicted molar refractivity (Wildman–Crippen MR) is 98.3 cm³/mol. The Kier molecular flexibility index (Phi) is 5.39. The molecule has 0 aliphatic rings. The van der Waals surface area contributed by atoms with Gasteiger partial charge in [-0.25, -0.2) is 0 Å². The lowest BCUT2D eigenvalue weighted by molar-refractivity contribution is 0.0686. The van der Waals surface area contributed by atoms with Crippen LogP contribution in [0.15, 0.2) is 71.5 Å². The van der Waals surface area contributed by atoms with Crippen molar-refractivity contribution in [1.29, 1.82) is 0 Å². The van der Waals surface area contributed by atoms with E-state index < -0.39 is 0 Å². The van der Waals surface area contributed by atoms with Crippen LogP contribution in [0.4, 0.5) is 0 Å². The summed E-state index contributed by atoms with van der Waals surface area (Å²) in [5, 5.41) is 0. The first-order valence-corrected chi connectivity index (χ1v) is 8.64.